The fraction of sp³-hybridized carbons (Fsp3) is 0.818. The Morgan fingerprint density at radius 2 is 2.00 bits per heavy atom. The zero-order valence-electron chi connectivity index (χ0n) is 9.30. The molecule has 0 spiro atoms. The Hall–Kier alpha value is -0.340. The summed E-state index contributed by atoms with van der Waals surface area (Å²) in [7, 11) is 3.46. The van der Waals surface area contributed by atoms with Gasteiger partial charge in [-0.3, -0.25) is 0 Å². The monoisotopic (exact) mass is 186 g/mol. The lowest BCUT2D eigenvalue weighted by Crippen LogP contribution is -2.41. The van der Waals surface area contributed by atoms with Gasteiger partial charge in [0.25, 0.3) is 0 Å². The highest BCUT2D eigenvalue weighted by molar-refractivity contribution is 4.86. The van der Waals surface area contributed by atoms with Crippen LogP contribution in [0, 0.1) is 5.92 Å². The quantitative estimate of drug-likeness (QED) is 0.569. The van der Waals surface area contributed by atoms with Crippen LogP contribution in [0.4, 0.5) is 0 Å². The van der Waals surface area contributed by atoms with Crippen LogP contribution < -0.4 is 0 Å². The van der Waals surface area contributed by atoms with E-state index >= 15 is 0 Å². The minimum Gasteiger partial charge on any atom is -0.382 e. The predicted octanol–water partition coefficient (Wildman–Crippen LogP) is 2.64. The van der Waals surface area contributed by atoms with E-state index in [2.05, 4.69) is 20.4 Å². The fourth-order valence-corrected chi connectivity index (χ4v) is 1.51. The van der Waals surface area contributed by atoms with Crippen molar-refractivity contribution in [2.45, 2.75) is 32.3 Å². The summed E-state index contributed by atoms with van der Waals surface area (Å²) in [4.78, 5) is 0. The highest BCUT2D eigenvalue weighted by atomic mass is 16.5. The molecule has 0 aliphatic heterocycles. The zero-order chi connectivity index (χ0) is 10.3. The van der Waals surface area contributed by atoms with Crippen LogP contribution in [0.3, 0.4) is 0 Å². The van der Waals surface area contributed by atoms with Crippen molar-refractivity contribution >= 4 is 0 Å². The Bertz CT molecular complexity index is 143. The lowest BCUT2D eigenvalue weighted by atomic mass is 9.86. The molecule has 78 valence electrons. The summed E-state index contributed by atoms with van der Waals surface area (Å²) in [6.07, 6.45) is 3.86. The van der Waals surface area contributed by atoms with Gasteiger partial charge in [0.05, 0.1) is 12.2 Å². The van der Waals surface area contributed by atoms with E-state index in [1.807, 2.05) is 6.08 Å². The molecule has 1 atom stereocenters. The van der Waals surface area contributed by atoms with Gasteiger partial charge in [0.15, 0.2) is 0 Å². The van der Waals surface area contributed by atoms with Crippen molar-refractivity contribution in [2.24, 2.45) is 5.92 Å². The van der Waals surface area contributed by atoms with E-state index < -0.39 is 0 Å². The van der Waals surface area contributed by atoms with Gasteiger partial charge in [0, 0.05) is 14.2 Å². The summed E-state index contributed by atoms with van der Waals surface area (Å²) < 4.78 is 10.8. The van der Waals surface area contributed by atoms with Gasteiger partial charge in [-0.2, -0.15) is 0 Å². The Morgan fingerprint density at radius 1 is 1.38 bits per heavy atom. The lowest BCUT2D eigenvalue weighted by Gasteiger charge is -2.35. The fourth-order valence-electron chi connectivity index (χ4n) is 1.51. The van der Waals surface area contributed by atoms with Crippen molar-refractivity contribution in [1.82, 2.24) is 0 Å². The highest BCUT2D eigenvalue weighted by Gasteiger charge is 2.32. The first kappa shape index (κ1) is 12.7. The van der Waals surface area contributed by atoms with Gasteiger partial charge >= 0.3 is 0 Å². The Balaban J connectivity index is 4.34. The van der Waals surface area contributed by atoms with Crippen molar-refractivity contribution in [2.75, 3.05) is 20.8 Å². The average Bonchev–Trinajstić information content (AvgIpc) is 2.12. The maximum atomic E-state index is 5.57. The van der Waals surface area contributed by atoms with E-state index in [-0.39, 0.29) is 5.60 Å². The number of hydrogen-bond donors (Lipinski definition) is 0. The van der Waals surface area contributed by atoms with Crippen molar-refractivity contribution in [3.63, 3.8) is 0 Å². The van der Waals surface area contributed by atoms with Crippen LogP contribution in [0.15, 0.2) is 12.7 Å². The molecular formula is C11H22O2. The number of allylic oxidation sites excluding steroid dienone is 1. The summed E-state index contributed by atoms with van der Waals surface area (Å²) in [5, 5.41) is 0. The third-order valence-electron chi connectivity index (χ3n) is 2.62. The molecule has 0 N–H and O–H groups in total. The highest BCUT2D eigenvalue weighted by Crippen LogP contribution is 2.27. The van der Waals surface area contributed by atoms with Gasteiger partial charge in [-0.1, -0.05) is 19.9 Å². The smallest absolute Gasteiger partial charge is 0.0936 e. The Kier molecular flexibility index (Phi) is 6.00. The minimum absolute atomic E-state index is 0.150. The number of methoxy groups -OCH3 is 2. The van der Waals surface area contributed by atoms with Crippen molar-refractivity contribution in [3.05, 3.63) is 12.7 Å². The molecule has 0 unspecified atom stereocenters. The predicted molar refractivity (Wildman–Crippen MR) is 55.9 cm³/mol. The summed E-state index contributed by atoms with van der Waals surface area (Å²) >= 11 is 0. The third kappa shape index (κ3) is 3.49. The van der Waals surface area contributed by atoms with Crippen molar-refractivity contribution < 1.29 is 9.47 Å². The SMILES string of the molecule is C=CCC[C@@](COC)(OC)C(C)C. The van der Waals surface area contributed by atoms with Crippen LogP contribution in [0.5, 0.6) is 0 Å². The molecule has 0 aromatic heterocycles. The molecule has 0 aliphatic carbocycles. The molecule has 0 aromatic rings. The molecular weight excluding hydrogens is 164 g/mol. The van der Waals surface area contributed by atoms with Crippen LogP contribution >= 0.6 is 0 Å². The summed E-state index contributed by atoms with van der Waals surface area (Å²) in [6.45, 7) is 8.69. The molecule has 0 aliphatic rings. The first-order chi connectivity index (χ1) is 6.13. The molecule has 0 rings (SSSR count). The molecule has 0 fully saturated rings. The van der Waals surface area contributed by atoms with Gasteiger partial charge in [-0.05, 0) is 18.8 Å². The molecule has 0 radical (unpaired) electrons. The number of rotatable bonds is 7. The average molecular weight is 186 g/mol. The molecule has 2 nitrogen and oxygen atoms in total. The van der Waals surface area contributed by atoms with Crippen LogP contribution in [0.25, 0.3) is 0 Å². The topological polar surface area (TPSA) is 18.5 Å². The molecule has 2 heteroatoms. The Labute approximate surface area is 81.9 Å². The van der Waals surface area contributed by atoms with E-state index in [1.165, 1.54) is 0 Å². The molecule has 0 aromatic carbocycles. The Morgan fingerprint density at radius 3 is 2.31 bits per heavy atom. The molecule has 0 heterocycles. The molecule has 0 amide bonds. The van der Waals surface area contributed by atoms with E-state index in [9.17, 15) is 0 Å². The van der Waals surface area contributed by atoms with Crippen LogP contribution in [-0.4, -0.2) is 26.4 Å². The van der Waals surface area contributed by atoms with E-state index in [0.717, 1.165) is 12.8 Å². The molecule has 0 bridgehead atoms. The summed E-state index contributed by atoms with van der Waals surface area (Å²) in [6, 6.07) is 0. The molecule has 0 saturated carbocycles. The first-order valence-electron chi connectivity index (χ1n) is 4.78. The van der Waals surface area contributed by atoms with Gasteiger partial charge in [0.1, 0.15) is 0 Å². The maximum Gasteiger partial charge on any atom is 0.0936 e. The second-order valence-electron chi connectivity index (χ2n) is 3.68. The molecule has 13 heavy (non-hydrogen) atoms. The number of hydrogen-bond acceptors (Lipinski definition) is 2. The van der Waals surface area contributed by atoms with Gasteiger partial charge < -0.3 is 9.47 Å². The zero-order valence-corrected chi connectivity index (χ0v) is 9.30. The largest absolute Gasteiger partial charge is 0.382 e. The van der Waals surface area contributed by atoms with E-state index in [0.29, 0.717) is 12.5 Å². The maximum absolute atomic E-state index is 5.57. The van der Waals surface area contributed by atoms with Crippen LogP contribution in [0.1, 0.15) is 26.7 Å². The van der Waals surface area contributed by atoms with Crippen LogP contribution in [0.2, 0.25) is 0 Å². The van der Waals surface area contributed by atoms with Crippen LogP contribution in [-0.2, 0) is 9.47 Å². The van der Waals surface area contributed by atoms with E-state index in [4.69, 9.17) is 9.47 Å². The van der Waals surface area contributed by atoms with Crippen molar-refractivity contribution in [3.8, 4) is 0 Å². The lowest BCUT2D eigenvalue weighted by molar-refractivity contribution is -0.0987. The summed E-state index contributed by atoms with van der Waals surface area (Å²) in [5.41, 5.74) is -0.150. The second-order valence-corrected chi connectivity index (χ2v) is 3.68. The second kappa shape index (κ2) is 6.17. The normalized spacial score (nSPS) is 15.8. The standard InChI is InChI=1S/C11H22O2/c1-6-7-8-11(13-5,9-12-4)10(2)3/h6,10H,1,7-9H2,2-5H3/t11-/m0/s1. The third-order valence-corrected chi connectivity index (χ3v) is 2.62. The summed E-state index contributed by atoms with van der Waals surface area (Å²) in [5.74, 6) is 0.456. The number of ether oxygens (including phenoxy) is 2. The van der Waals surface area contributed by atoms with Crippen molar-refractivity contribution in [1.29, 1.82) is 0 Å². The van der Waals surface area contributed by atoms with Gasteiger partial charge in [0.2, 0.25) is 0 Å². The first-order valence-corrected chi connectivity index (χ1v) is 4.78. The van der Waals surface area contributed by atoms with Gasteiger partial charge in [-0.15, -0.1) is 6.58 Å². The van der Waals surface area contributed by atoms with E-state index in [1.54, 1.807) is 14.2 Å². The molecule has 0 saturated heterocycles. The minimum atomic E-state index is -0.150. The van der Waals surface area contributed by atoms with Gasteiger partial charge in [-0.25, -0.2) is 0 Å².